The fourth-order valence-electron chi connectivity index (χ4n) is 1.88. The molecule has 0 unspecified atom stereocenters. The van der Waals surface area contributed by atoms with E-state index >= 15 is 0 Å². The molecule has 1 aromatic heterocycles. The van der Waals surface area contributed by atoms with Gasteiger partial charge in [-0.25, -0.2) is 4.39 Å². The first-order valence-electron chi connectivity index (χ1n) is 5.83. The van der Waals surface area contributed by atoms with E-state index in [0.29, 0.717) is 11.7 Å². The Morgan fingerprint density at radius 3 is 2.68 bits per heavy atom. The minimum absolute atomic E-state index is 0. The van der Waals surface area contributed by atoms with Crippen LogP contribution >= 0.6 is 12.4 Å². The summed E-state index contributed by atoms with van der Waals surface area (Å²) < 4.78 is 18.0. The standard InChI is InChI=1S/C13H12FN3O.ClH/c14-11-5-3-9(4-6-11)12-16-13(18-17-12)10-2-1-7-15-8-10;/h2-6,15H,1,7-8H2;1H. The third-order valence-corrected chi connectivity index (χ3v) is 2.83. The number of nitrogens with one attached hydrogen (secondary N) is 1. The first-order chi connectivity index (χ1) is 8.83. The Labute approximate surface area is 116 Å². The lowest BCUT2D eigenvalue weighted by Gasteiger charge is -2.09. The number of hydrogen-bond donors (Lipinski definition) is 1. The maximum absolute atomic E-state index is 12.8. The zero-order valence-corrected chi connectivity index (χ0v) is 10.9. The molecule has 1 aliphatic rings. The van der Waals surface area contributed by atoms with E-state index in [0.717, 1.165) is 30.6 Å². The summed E-state index contributed by atoms with van der Waals surface area (Å²) in [6.07, 6.45) is 3.06. The zero-order valence-electron chi connectivity index (χ0n) is 10.1. The van der Waals surface area contributed by atoms with Gasteiger partial charge in [-0.15, -0.1) is 12.4 Å². The minimum atomic E-state index is -0.276. The number of benzene rings is 1. The summed E-state index contributed by atoms with van der Waals surface area (Å²) in [7, 11) is 0. The minimum Gasteiger partial charge on any atom is -0.334 e. The Morgan fingerprint density at radius 1 is 1.21 bits per heavy atom. The molecule has 0 fully saturated rings. The summed E-state index contributed by atoms with van der Waals surface area (Å²) in [4.78, 5) is 4.33. The van der Waals surface area contributed by atoms with Crippen molar-refractivity contribution >= 4 is 18.0 Å². The molecule has 2 aromatic rings. The molecule has 0 bridgehead atoms. The summed E-state index contributed by atoms with van der Waals surface area (Å²) in [5, 5.41) is 7.16. The van der Waals surface area contributed by atoms with Crippen molar-refractivity contribution in [2.75, 3.05) is 13.1 Å². The molecule has 1 N–H and O–H groups in total. The van der Waals surface area contributed by atoms with Crippen LogP contribution in [0.4, 0.5) is 4.39 Å². The number of rotatable bonds is 2. The average Bonchev–Trinajstić information content (AvgIpc) is 2.90. The normalized spacial score (nSPS) is 14.7. The molecule has 1 aromatic carbocycles. The Bertz CT molecular complexity index is 580. The van der Waals surface area contributed by atoms with E-state index in [9.17, 15) is 4.39 Å². The fraction of sp³-hybridized carbons (Fsp3) is 0.231. The van der Waals surface area contributed by atoms with Crippen LogP contribution in [0.25, 0.3) is 17.0 Å². The van der Waals surface area contributed by atoms with Gasteiger partial charge >= 0.3 is 0 Å². The van der Waals surface area contributed by atoms with Gasteiger partial charge in [0.15, 0.2) is 0 Å². The highest BCUT2D eigenvalue weighted by Crippen LogP contribution is 2.20. The van der Waals surface area contributed by atoms with Crippen molar-refractivity contribution < 1.29 is 8.91 Å². The second-order valence-electron chi connectivity index (χ2n) is 4.12. The van der Waals surface area contributed by atoms with Gasteiger partial charge in [0, 0.05) is 17.7 Å². The second-order valence-corrected chi connectivity index (χ2v) is 4.12. The molecular weight excluding hydrogens is 269 g/mol. The molecule has 0 atom stereocenters. The molecule has 0 radical (unpaired) electrons. The molecular formula is C13H13ClFN3O. The first kappa shape index (κ1) is 13.7. The van der Waals surface area contributed by atoms with E-state index in [1.807, 2.05) is 0 Å². The van der Waals surface area contributed by atoms with Crippen LogP contribution in [0.5, 0.6) is 0 Å². The monoisotopic (exact) mass is 281 g/mol. The van der Waals surface area contributed by atoms with Crippen molar-refractivity contribution in [1.29, 1.82) is 0 Å². The maximum Gasteiger partial charge on any atom is 0.255 e. The molecule has 0 saturated carbocycles. The molecule has 19 heavy (non-hydrogen) atoms. The van der Waals surface area contributed by atoms with Crippen LogP contribution < -0.4 is 5.32 Å². The van der Waals surface area contributed by atoms with Crippen molar-refractivity contribution in [3.05, 3.63) is 42.0 Å². The van der Waals surface area contributed by atoms with E-state index < -0.39 is 0 Å². The Balaban J connectivity index is 0.00000133. The highest BCUT2D eigenvalue weighted by molar-refractivity contribution is 5.85. The maximum atomic E-state index is 12.8. The number of nitrogens with zero attached hydrogens (tertiary/aromatic N) is 2. The topological polar surface area (TPSA) is 51.0 Å². The Kier molecular flexibility index (Phi) is 4.29. The van der Waals surface area contributed by atoms with Gasteiger partial charge in [-0.1, -0.05) is 11.2 Å². The van der Waals surface area contributed by atoms with Gasteiger partial charge in [0.25, 0.3) is 5.89 Å². The summed E-state index contributed by atoms with van der Waals surface area (Å²) in [6, 6.07) is 6.04. The van der Waals surface area contributed by atoms with Gasteiger partial charge in [-0.2, -0.15) is 4.98 Å². The van der Waals surface area contributed by atoms with Crippen LogP contribution in [-0.4, -0.2) is 23.2 Å². The molecule has 1 aliphatic heterocycles. The van der Waals surface area contributed by atoms with Crippen LogP contribution in [-0.2, 0) is 0 Å². The molecule has 0 saturated heterocycles. The zero-order chi connectivity index (χ0) is 12.4. The van der Waals surface area contributed by atoms with E-state index in [1.54, 1.807) is 12.1 Å². The van der Waals surface area contributed by atoms with Crippen molar-refractivity contribution in [3.63, 3.8) is 0 Å². The quantitative estimate of drug-likeness (QED) is 0.919. The first-order valence-corrected chi connectivity index (χ1v) is 5.83. The summed E-state index contributed by atoms with van der Waals surface area (Å²) in [5.74, 6) is 0.736. The smallest absolute Gasteiger partial charge is 0.255 e. The summed E-state index contributed by atoms with van der Waals surface area (Å²) in [5.41, 5.74) is 1.76. The Hall–Kier alpha value is -1.72. The molecule has 3 rings (SSSR count). The third kappa shape index (κ3) is 3.00. The van der Waals surface area contributed by atoms with Crippen LogP contribution in [0, 0.1) is 5.82 Å². The van der Waals surface area contributed by atoms with Gasteiger partial charge in [0.2, 0.25) is 5.82 Å². The number of aromatic nitrogens is 2. The molecule has 6 heteroatoms. The number of hydrogen-bond acceptors (Lipinski definition) is 4. The largest absolute Gasteiger partial charge is 0.334 e. The van der Waals surface area contributed by atoms with Crippen molar-refractivity contribution in [3.8, 4) is 11.4 Å². The van der Waals surface area contributed by atoms with Crippen LogP contribution in [0.1, 0.15) is 12.3 Å². The lowest BCUT2D eigenvalue weighted by Crippen LogP contribution is -2.21. The van der Waals surface area contributed by atoms with Gasteiger partial charge in [0.05, 0.1) is 0 Å². The van der Waals surface area contributed by atoms with E-state index in [-0.39, 0.29) is 18.2 Å². The van der Waals surface area contributed by atoms with E-state index in [1.165, 1.54) is 12.1 Å². The van der Waals surface area contributed by atoms with Gasteiger partial charge in [0.1, 0.15) is 5.82 Å². The molecule has 4 nitrogen and oxygen atoms in total. The van der Waals surface area contributed by atoms with Gasteiger partial charge in [-0.05, 0) is 37.2 Å². The van der Waals surface area contributed by atoms with Crippen molar-refractivity contribution in [2.45, 2.75) is 6.42 Å². The van der Waals surface area contributed by atoms with E-state index in [2.05, 4.69) is 21.5 Å². The summed E-state index contributed by atoms with van der Waals surface area (Å²) in [6.45, 7) is 1.72. The molecule has 0 spiro atoms. The molecule has 0 amide bonds. The lowest BCUT2D eigenvalue weighted by atomic mass is 10.1. The average molecular weight is 282 g/mol. The van der Waals surface area contributed by atoms with Crippen LogP contribution in [0.2, 0.25) is 0 Å². The van der Waals surface area contributed by atoms with Crippen LogP contribution in [0.3, 0.4) is 0 Å². The SMILES string of the molecule is Cl.Fc1ccc(-c2noc(C3=CCCNC3)n2)cc1. The van der Waals surface area contributed by atoms with Gasteiger partial charge in [-0.3, -0.25) is 0 Å². The lowest BCUT2D eigenvalue weighted by molar-refractivity contribution is 0.406. The molecule has 0 aliphatic carbocycles. The second kappa shape index (κ2) is 5.95. The van der Waals surface area contributed by atoms with E-state index in [4.69, 9.17) is 4.52 Å². The fourth-order valence-corrected chi connectivity index (χ4v) is 1.88. The highest BCUT2D eigenvalue weighted by atomic mass is 35.5. The van der Waals surface area contributed by atoms with Crippen LogP contribution in [0.15, 0.2) is 34.9 Å². The predicted octanol–water partition coefficient (Wildman–Crippen LogP) is 2.67. The number of halogens is 2. The third-order valence-electron chi connectivity index (χ3n) is 2.83. The van der Waals surface area contributed by atoms with Gasteiger partial charge < -0.3 is 9.84 Å². The molecule has 2 heterocycles. The van der Waals surface area contributed by atoms with Crippen molar-refractivity contribution in [1.82, 2.24) is 15.5 Å². The Morgan fingerprint density at radius 2 is 2.00 bits per heavy atom. The summed E-state index contributed by atoms with van der Waals surface area (Å²) >= 11 is 0. The molecule has 100 valence electrons. The highest BCUT2D eigenvalue weighted by Gasteiger charge is 2.14. The predicted molar refractivity (Wildman–Crippen MR) is 72.4 cm³/mol. The van der Waals surface area contributed by atoms with Crippen molar-refractivity contribution in [2.24, 2.45) is 0 Å².